The second-order valence-corrected chi connectivity index (χ2v) is 17.3. The summed E-state index contributed by atoms with van der Waals surface area (Å²) in [7, 11) is -2.29. The van der Waals surface area contributed by atoms with E-state index in [0.29, 0.717) is 37.2 Å². The maximum atomic E-state index is 14.0. The zero-order valence-electron chi connectivity index (χ0n) is 29.0. The number of thiazole rings is 1. The van der Waals surface area contributed by atoms with Crippen molar-refractivity contribution >= 4 is 50.9 Å². The van der Waals surface area contributed by atoms with Crippen LogP contribution in [0.15, 0.2) is 35.7 Å². The number of nitrogens with one attached hydrogen (secondary N) is 3. The molecule has 2 heterocycles. The average Bonchev–Trinajstić information content (AvgIpc) is 3.94. The minimum Gasteiger partial charge on any atom is -0.446 e. The Labute approximate surface area is 304 Å². The lowest BCUT2D eigenvalue weighted by molar-refractivity contribution is -0.140. The van der Waals surface area contributed by atoms with Gasteiger partial charge in [-0.05, 0) is 75.5 Å². The Balaban J connectivity index is 1.22. The molecule has 2 aromatic rings. The Morgan fingerprint density at radius 1 is 1.13 bits per heavy atom. The van der Waals surface area contributed by atoms with Gasteiger partial charge in [0.05, 0.1) is 34.0 Å². The van der Waals surface area contributed by atoms with E-state index in [1.807, 2.05) is 26.0 Å². The first-order chi connectivity index (χ1) is 24.5. The van der Waals surface area contributed by atoms with Crippen LogP contribution in [-0.2, 0) is 35.3 Å². The molecule has 0 spiro atoms. The van der Waals surface area contributed by atoms with Gasteiger partial charge in [0.1, 0.15) is 16.7 Å². The predicted octanol–water partition coefficient (Wildman–Crippen LogP) is 5.58. The maximum absolute atomic E-state index is 14.0. The first-order valence-electron chi connectivity index (χ1n) is 17.4. The minimum atomic E-state index is -4.69. The molecule has 282 valence electrons. The summed E-state index contributed by atoms with van der Waals surface area (Å²) < 4.78 is 74.3. The second-order valence-electron chi connectivity index (χ2n) is 14.5. The third kappa shape index (κ3) is 8.14. The number of hydrogen-bond acceptors (Lipinski definition) is 9. The van der Waals surface area contributed by atoms with Gasteiger partial charge in [0.15, 0.2) is 0 Å². The molecule has 52 heavy (non-hydrogen) atoms. The highest BCUT2D eigenvalue weighted by molar-refractivity contribution is 7.91. The van der Waals surface area contributed by atoms with Crippen molar-refractivity contribution in [2.45, 2.75) is 94.2 Å². The van der Waals surface area contributed by atoms with Crippen LogP contribution in [0.25, 0.3) is 10.6 Å². The standard InChI is InChI=1S/C35H42F3N5O7S2/c1-19(2)28-18-51-30(39-28)24-12-9-20(35(36,37)38)14-27(24)40-33(47)50-22-15-25-26(16-22)31(45)43(3)13-7-5-4-6-8-21-17-34(21,41-29(25)44)32(46)42-52(48,49)23-10-11-23/h6,8-9,12,14,18-19,21-23,25-26H,4-5,7,10-11,13,15-17H2,1-3H3,(H,40,47)(H,41,44)(H,42,46). The van der Waals surface area contributed by atoms with Crippen molar-refractivity contribution in [3.8, 4) is 10.6 Å². The molecule has 6 rings (SSSR count). The van der Waals surface area contributed by atoms with Gasteiger partial charge in [-0.25, -0.2) is 18.2 Å². The van der Waals surface area contributed by atoms with Crippen molar-refractivity contribution in [1.29, 1.82) is 0 Å². The number of rotatable bonds is 7. The fraction of sp³-hybridized carbons (Fsp3) is 0.571. The molecule has 1 aromatic heterocycles. The van der Waals surface area contributed by atoms with Gasteiger partial charge in [0.2, 0.25) is 21.8 Å². The van der Waals surface area contributed by atoms with Gasteiger partial charge < -0.3 is 15.0 Å². The summed E-state index contributed by atoms with van der Waals surface area (Å²) in [6.07, 6.45) is -0.0628. The molecular weight excluding hydrogens is 724 g/mol. The van der Waals surface area contributed by atoms with Gasteiger partial charge in [-0.2, -0.15) is 13.2 Å². The SMILES string of the molecule is CC(C)c1csc(-c2ccc(C(F)(F)F)cc2NC(=O)OC2CC3C(=O)NC4(C(=O)NS(=O)(=O)C5CC5)CC4C=CCCCCN(C)C(=O)C3C2)n1. The van der Waals surface area contributed by atoms with E-state index in [1.165, 1.54) is 22.3 Å². The molecule has 0 bridgehead atoms. The van der Waals surface area contributed by atoms with Crippen molar-refractivity contribution in [2.24, 2.45) is 17.8 Å². The molecule has 3 fully saturated rings. The largest absolute Gasteiger partial charge is 0.446 e. The molecule has 5 unspecified atom stereocenters. The summed E-state index contributed by atoms with van der Waals surface area (Å²) in [5.41, 5.74) is -1.68. The van der Waals surface area contributed by atoms with Crippen LogP contribution < -0.4 is 15.4 Å². The molecule has 1 aliphatic heterocycles. The number of ether oxygens (including phenoxy) is 1. The molecular formula is C35H42F3N5O7S2. The number of hydrogen-bond donors (Lipinski definition) is 3. The Kier molecular flexibility index (Phi) is 10.5. The van der Waals surface area contributed by atoms with Crippen LogP contribution in [0.5, 0.6) is 0 Å². The van der Waals surface area contributed by atoms with E-state index in [-0.39, 0.29) is 42.3 Å². The molecule has 0 saturated heterocycles. The quantitative estimate of drug-likeness (QED) is 0.308. The smallest absolute Gasteiger partial charge is 0.416 e. The van der Waals surface area contributed by atoms with Crippen LogP contribution >= 0.6 is 11.3 Å². The number of fused-ring (bicyclic) bond motifs is 2. The molecule has 3 saturated carbocycles. The second kappa shape index (κ2) is 14.4. The Morgan fingerprint density at radius 3 is 2.54 bits per heavy atom. The number of aromatic nitrogens is 1. The van der Waals surface area contributed by atoms with Crippen LogP contribution in [0.3, 0.4) is 0 Å². The van der Waals surface area contributed by atoms with Gasteiger partial charge >= 0.3 is 12.3 Å². The summed E-state index contributed by atoms with van der Waals surface area (Å²) in [6, 6.07) is 2.95. The first kappa shape index (κ1) is 37.8. The fourth-order valence-electron chi connectivity index (χ4n) is 6.87. The number of amides is 4. The van der Waals surface area contributed by atoms with Crippen molar-refractivity contribution in [3.05, 3.63) is 47.0 Å². The van der Waals surface area contributed by atoms with E-state index in [9.17, 15) is 40.8 Å². The van der Waals surface area contributed by atoms with E-state index in [1.54, 1.807) is 12.4 Å². The van der Waals surface area contributed by atoms with E-state index >= 15 is 0 Å². The van der Waals surface area contributed by atoms with Crippen LogP contribution in [0.2, 0.25) is 0 Å². The fourth-order valence-corrected chi connectivity index (χ4v) is 9.25. The average molecular weight is 766 g/mol. The Morgan fingerprint density at radius 2 is 1.87 bits per heavy atom. The van der Waals surface area contributed by atoms with Crippen LogP contribution in [0.4, 0.5) is 23.7 Å². The number of alkyl halides is 3. The summed E-state index contributed by atoms with van der Waals surface area (Å²) in [5.74, 6) is -4.22. The van der Waals surface area contributed by atoms with Gasteiger partial charge in [-0.15, -0.1) is 11.3 Å². The van der Waals surface area contributed by atoms with Crippen LogP contribution in [-0.4, -0.2) is 72.6 Å². The number of nitrogens with zero attached hydrogens (tertiary/aromatic N) is 2. The van der Waals surface area contributed by atoms with Gasteiger partial charge in [0, 0.05) is 30.5 Å². The molecule has 0 radical (unpaired) electrons. The van der Waals surface area contributed by atoms with Crippen molar-refractivity contribution < 1.29 is 45.5 Å². The summed E-state index contributed by atoms with van der Waals surface area (Å²) in [6.45, 7) is 4.28. The Bertz CT molecular complexity index is 1880. The highest BCUT2D eigenvalue weighted by Crippen LogP contribution is 2.47. The van der Waals surface area contributed by atoms with Gasteiger partial charge in [-0.1, -0.05) is 26.0 Å². The third-order valence-corrected chi connectivity index (χ3v) is 12.9. The number of sulfonamides is 1. The molecule has 1 aromatic carbocycles. The molecule has 4 amide bonds. The van der Waals surface area contributed by atoms with Crippen LogP contribution in [0.1, 0.15) is 82.4 Å². The molecule has 17 heteroatoms. The topological polar surface area (TPSA) is 164 Å². The highest BCUT2D eigenvalue weighted by atomic mass is 32.2. The lowest BCUT2D eigenvalue weighted by Crippen LogP contribution is -2.54. The highest BCUT2D eigenvalue weighted by Gasteiger charge is 2.62. The Hall–Kier alpha value is -3.99. The minimum absolute atomic E-state index is 0.0487. The first-order valence-corrected chi connectivity index (χ1v) is 19.9. The predicted molar refractivity (Wildman–Crippen MR) is 186 cm³/mol. The van der Waals surface area contributed by atoms with Crippen molar-refractivity contribution in [3.63, 3.8) is 0 Å². The van der Waals surface area contributed by atoms with Crippen LogP contribution in [0, 0.1) is 17.8 Å². The van der Waals surface area contributed by atoms with E-state index in [2.05, 4.69) is 20.3 Å². The molecule has 3 N–H and O–H groups in total. The zero-order valence-corrected chi connectivity index (χ0v) is 30.6. The lowest BCUT2D eigenvalue weighted by atomic mass is 9.93. The molecule has 5 atom stereocenters. The molecule has 4 aliphatic rings. The van der Waals surface area contributed by atoms with Gasteiger partial charge in [-0.3, -0.25) is 24.4 Å². The number of allylic oxidation sites excluding steroid dienone is 1. The van der Waals surface area contributed by atoms with Gasteiger partial charge in [0.25, 0.3) is 5.91 Å². The molecule has 3 aliphatic carbocycles. The summed E-state index contributed by atoms with van der Waals surface area (Å²) >= 11 is 1.22. The van der Waals surface area contributed by atoms with E-state index in [0.717, 1.165) is 24.2 Å². The molecule has 12 nitrogen and oxygen atoms in total. The van der Waals surface area contributed by atoms with E-state index in [4.69, 9.17) is 4.74 Å². The van der Waals surface area contributed by atoms with Crippen molar-refractivity contribution in [1.82, 2.24) is 19.9 Å². The number of carbonyl (C=O) groups is 4. The summed E-state index contributed by atoms with van der Waals surface area (Å²) in [5, 5.41) is 6.75. The number of anilines is 1. The number of benzene rings is 1. The lowest BCUT2D eigenvalue weighted by Gasteiger charge is -2.26. The normalized spacial score (nSPS) is 26.9. The zero-order chi connectivity index (χ0) is 37.6. The number of halogens is 3. The van der Waals surface area contributed by atoms with Crippen molar-refractivity contribution in [2.75, 3.05) is 18.9 Å². The number of carbonyl (C=O) groups excluding carboxylic acids is 4. The third-order valence-electron chi connectivity index (χ3n) is 10.2. The summed E-state index contributed by atoms with van der Waals surface area (Å²) in [4.78, 5) is 60.5. The maximum Gasteiger partial charge on any atom is 0.416 e. The van der Waals surface area contributed by atoms with E-state index < -0.39 is 74.3 Å². The monoisotopic (exact) mass is 765 g/mol.